The van der Waals surface area contributed by atoms with Crippen LogP contribution in [-0.2, 0) is 19.1 Å². The highest BCUT2D eigenvalue weighted by molar-refractivity contribution is 7.99. The molecule has 5 nitrogen and oxygen atoms in total. The minimum absolute atomic E-state index is 0.000694. The molecule has 6 heteroatoms. The number of methoxy groups -OCH3 is 2. The van der Waals surface area contributed by atoms with E-state index >= 15 is 0 Å². The van der Waals surface area contributed by atoms with Crippen molar-refractivity contribution in [2.75, 3.05) is 27.0 Å². The number of carbonyl (C=O) groups excluding carboxylic acids is 2. The summed E-state index contributed by atoms with van der Waals surface area (Å²) in [6.07, 6.45) is 1.45. The molecule has 1 amide bonds. The van der Waals surface area contributed by atoms with Crippen molar-refractivity contribution < 1.29 is 19.1 Å². The first kappa shape index (κ1) is 11.3. The summed E-state index contributed by atoms with van der Waals surface area (Å²) in [5.41, 5.74) is 0. The van der Waals surface area contributed by atoms with Gasteiger partial charge in [0, 0.05) is 7.11 Å². The summed E-state index contributed by atoms with van der Waals surface area (Å²) >= 11 is 1.48. The molecule has 1 saturated heterocycles. The molecule has 1 heterocycles. The van der Waals surface area contributed by atoms with Crippen molar-refractivity contribution in [3.63, 3.8) is 0 Å². The van der Waals surface area contributed by atoms with Gasteiger partial charge in [-0.15, -0.1) is 11.8 Å². The Morgan fingerprint density at radius 2 is 2.21 bits per heavy atom. The van der Waals surface area contributed by atoms with E-state index in [0.29, 0.717) is 0 Å². The zero-order valence-corrected chi connectivity index (χ0v) is 9.17. The van der Waals surface area contributed by atoms with Gasteiger partial charge in [0.25, 0.3) is 5.91 Å². The minimum atomic E-state index is -0.422. The molecule has 1 rings (SSSR count). The van der Waals surface area contributed by atoms with Crippen LogP contribution in [0.25, 0.3) is 0 Å². The van der Waals surface area contributed by atoms with Crippen LogP contribution in [0.1, 0.15) is 0 Å². The van der Waals surface area contributed by atoms with E-state index in [1.807, 2.05) is 6.26 Å². The van der Waals surface area contributed by atoms with Gasteiger partial charge in [0.15, 0.2) is 6.10 Å². The monoisotopic (exact) mass is 219 g/mol. The van der Waals surface area contributed by atoms with Crippen LogP contribution in [0.15, 0.2) is 0 Å². The molecule has 0 aliphatic carbocycles. The lowest BCUT2D eigenvalue weighted by molar-refractivity contribution is -0.167. The zero-order valence-electron chi connectivity index (χ0n) is 8.35. The molecule has 1 fully saturated rings. The van der Waals surface area contributed by atoms with Crippen LogP contribution in [0.2, 0.25) is 0 Å². The van der Waals surface area contributed by atoms with Crippen LogP contribution >= 0.6 is 11.8 Å². The lowest BCUT2D eigenvalue weighted by Crippen LogP contribution is -2.64. The highest BCUT2D eigenvalue weighted by atomic mass is 32.2. The fraction of sp³-hybridized carbons (Fsp3) is 0.750. The predicted molar refractivity (Wildman–Crippen MR) is 51.8 cm³/mol. The van der Waals surface area contributed by atoms with Crippen LogP contribution in [0, 0.1) is 0 Å². The van der Waals surface area contributed by atoms with E-state index in [1.54, 1.807) is 0 Å². The van der Waals surface area contributed by atoms with Crippen molar-refractivity contribution >= 4 is 23.6 Å². The van der Waals surface area contributed by atoms with Crippen molar-refractivity contribution in [1.82, 2.24) is 4.90 Å². The lowest BCUT2D eigenvalue weighted by Gasteiger charge is -2.44. The van der Waals surface area contributed by atoms with Crippen molar-refractivity contribution in [1.29, 1.82) is 0 Å². The maximum absolute atomic E-state index is 11.4. The van der Waals surface area contributed by atoms with Crippen LogP contribution in [0.3, 0.4) is 0 Å². The summed E-state index contributed by atoms with van der Waals surface area (Å²) in [5.74, 6) is -0.566. The first-order valence-corrected chi connectivity index (χ1v) is 5.37. The molecule has 0 bridgehead atoms. The number of hydrogen-bond acceptors (Lipinski definition) is 5. The van der Waals surface area contributed by atoms with E-state index in [1.165, 1.54) is 30.9 Å². The molecular formula is C8H13NO4S. The van der Waals surface area contributed by atoms with Crippen LogP contribution < -0.4 is 0 Å². The lowest BCUT2D eigenvalue weighted by atomic mass is 10.1. The molecule has 1 aliphatic heterocycles. The van der Waals surface area contributed by atoms with Gasteiger partial charge in [0.05, 0.1) is 7.11 Å². The van der Waals surface area contributed by atoms with Crippen molar-refractivity contribution in [3.8, 4) is 0 Å². The normalized spacial score (nSPS) is 25.9. The van der Waals surface area contributed by atoms with Gasteiger partial charge in [-0.2, -0.15) is 0 Å². The number of hydrogen-bond donors (Lipinski definition) is 0. The molecular weight excluding hydrogens is 206 g/mol. The maximum atomic E-state index is 11.4. The Morgan fingerprint density at radius 3 is 2.64 bits per heavy atom. The third-order valence-electron chi connectivity index (χ3n) is 2.12. The highest BCUT2D eigenvalue weighted by Gasteiger charge is 2.48. The van der Waals surface area contributed by atoms with Gasteiger partial charge >= 0.3 is 5.97 Å². The molecule has 80 valence electrons. The smallest absolute Gasteiger partial charge is 0.325 e. The predicted octanol–water partition coefficient (Wildman–Crippen LogP) is -0.294. The van der Waals surface area contributed by atoms with Crippen molar-refractivity contribution in [3.05, 3.63) is 0 Å². The van der Waals surface area contributed by atoms with E-state index in [-0.39, 0.29) is 17.8 Å². The van der Waals surface area contributed by atoms with E-state index in [0.717, 1.165) is 0 Å². The number of rotatable bonds is 4. The minimum Gasteiger partial charge on any atom is -0.468 e. The Labute approximate surface area is 86.7 Å². The molecule has 0 aromatic carbocycles. The molecule has 0 radical (unpaired) electrons. The summed E-state index contributed by atoms with van der Waals surface area (Å²) in [6.45, 7) is 0.000694. The van der Waals surface area contributed by atoms with Gasteiger partial charge in [-0.05, 0) is 6.26 Å². The molecule has 0 aromatic heterocycles. The average Bonchev–Trinajstić information content (AvgIpc) is 2.21. The number of thioether (sulfide) groups is 1. The second-order valence-corrected chi connectivity index (χ2v) is 3.78. The molecule has 1 aliphatic rings. The molecule has 0 aromatic rings. The van der Waals surface area contributed by atoms with Gasteiger partial charge in [-0.1, -0.05) is 0 Å². The molecule has 0 N–H and O–H groups in total. The van der Waals surface area contributed by atoms with Crippen molar-refractivity contribution in [2.45, 2.75) is 11.5 Å². The number of ether oxygens (including phenoxy) is 2. The summed E-state index contributed by atoms with van der Waals surface area (Å²) in [4.78, 5) is 23.8. The number of β-lactam (4-membered cyclic amide) rings is 1. The summed E-state index contributed by atoms with van der Waals surface area (Å²) in [7, 11) is 2.79. The fourth-order valence-corrected chi connectivity index (χ4v) is 2.24. The average molecular weight is 219 g/mol. The molecule has 14 heavy (non-hydrogen) atoms. The Morgan fingerprint density at radius 1 is 1.57 bits per heavy atom. The van der Waals surface area contributed by atoms with Gasteiger partial charge in [-0.3, -0.25) is 9.59 Å². The third-order valence-corrected chi connectivity index (χ3v) is 3.10. The molecule has 0 spiro atoms. The van der Waals surface area contributed by atoms with Gasteiger partial charge < -0.3 is 14.4 Å². The van der Waals surface area contributed by atoms with Crippen molar-refractivity contribution in [2.24, 2.45) is 0 Å². The van der Waals surface area contributed by atoms with E-state index in [4.69, 9.17) is 4.74 Å². The number of nitrogens with zero attached hydrogens (tertiary/aromatic N) is 1. The second-order valence-electron chi connectivity index (χ2n) is 2.82. The van der Waals surface area contributed by atoms with Gasteiger partial charge in [-0.25, -0.2) is 0 Å². The van der Waals surface area contributed by atoms with Gasteiger partial charge in [0.2, 0.25) is 0 Å². The number of amides is 1. The Kier molecular flexibility index (Phi) is 3.77. The standard InChI is InChI=1S/C8H13NO4S/c1-12-5(10)4-9-7(11)6(13-2)8(9)14-3/h6,8H,4H2,1-3H3. The first-order chi connectivity index (χ1) is 6.65. The Hall–Kier alpha value is -0.750. The quantitative estimate of drug-likeness (QED) is 0.480. The summed E-state index contributed by atoms with van der Waals surface area (Å²) in [5, 5.41) is -0.0772. The largest absolute Gasteiger partial charge is 0.468 e. The second kappa shape index (κ2) is 4.65. The SMILES string of the molecule is COC(=O)CN1C(=O)C(OC)C1SC. The van der Waals surface area contributed by atoms with E-state index < -0.39 is 12.1 Å². The molecule has 0 saturated carbocycles. The third kappa shape index (κ3) is 1.85. The van der Waals surface area contributed by atoms with E-state index in [9.17, 15) is 9.59 Å². The fourth-order valence-electron chi connectivity index (χ4n) is 1.33. The topological polar surface area (TPSA) is 55.8 Å². The number of esters is 1. The molecule has 2 unspecified atom stereocenters. The van der Waals surface area contributed by atoms with Gasteiger partial charge in [0.1, 0.15) is 11.9 Å². The number of likely N-dealkylation sites (tertiary alicyclic amines) is 1. The summed E-state index contributed by atoms with van der Waals surface area (Å²) < 4.78 is 9.47. The van der Waals surface area contributed by atoms with Crippen LogP contribution in [0.5, 0.6) is 0 Å². The number of carbonyl (C=O) groups is 2. The zero-order chi connectivity index (χ0) is 10.7. The highest BCUT2D eigenvalue weighted by Crippen LogP contribution is 2.29. The van der Waals surface area contributed by atoms with E-state index in [2.05, 4.69) is 4.74 Å². The molecule has 2 atom stereocenters. The summed E-state index contributed by atoms with van der Waals surface area (Å²) in [6, 6.07) is 0. The maximum Gasteiger partial charge on any atom is 0.325 e. The van der Waals surface area contributed by atoms with Crippen LogP contribution in [0.4, 0.5) is 0 Å². The Balaban J connectivity index is 2.54. The first-order valence-electron chi connectivity index (χ1n) is 4.08. The van der Waals surface area contributed by atoms with Crippen LogP contribution in [-0.4, -0.2) is 55.3 Å². The Bertz CT molecular complexity index is 245.